The van der Waals surface area contributed by atoms with Gasteiger partial charge in [0.15, 0.2) is 11.6 Å². The van der Waals surface area contributed by atoms with Crippen molar-refractivity contribution in [1.82, 2.24) is 0 Å². The number of rotatable bonds is 2. The van der Waals surface area contributed by atoms with Gasteiger partial charge >= 0.3 is 0 Å². The zero-order valence-corrected chi connectivity index (χ0v) is 8.11. The van der Waals surface area contributed by atoms with E-state index < -0.39 is 11.6 Å². The first kappa shape index (κ1) is 9.73. The molecule has 1 aliphatic heterocycles. The normalized spacial score (nSPS) is 16.7. The number of halogens is 2. The van der Waals surface area contributed by atoms with Crippen molar-refractivity contribution in [2.24, 2.45) is 0 Å². The summed E-state index contributed by atoms with van der Waals surface area (Å²) in [6.45, 7) is 1.28. The van der Waals surface area contributed by atoms with E-state index in [0.29, 0.717) is 23.4 Å². The molecular formula is C9H9F2NOS. The highest BCUT2D eigenvalue weighted by Gasteiger charge is 2.21. The van der Waals surface area contributed by atoms with Crippen molar-refractivity contribution in [3.8, 4) is 0 Å². The molecule has 0 atom stereocenters. The average molecular weight is 217 g/mol. The Balaban J connectivity index is 2.19. The Hall–Kier alpha value is -0.810. The summed E-state index contributed by atoms with van der Waals surface area (Å²) >= 11 is 1.42. The second-order valence-electron chi connectivity index (χ2n) is 3.08. The summed E-state index contributed by atoms with van der Waals surface area (Å²) in [7, 11) is 0. The predicted octanol–water partition coefficient (Wildman–Crippen LogP) is 2.04. The molecule has 0 aromatic heterocycles. The fourth-order valence-electron chi connectivity index (χ4n) is 1.11. The van der Waals surface area contributed by atoms with Crippen molar-refractivity contribution in [2.45, 2.75) is 10.1 Å². The molecule has 2 rings (SSSR count). The Morgan fingerprint density at radius 1 is 1.29 bits per heavy atom. The highest BCUT2D eigenvalue weighted by molar-refractivity contribution is 8.00. The minimum atomic E-state index is -0.906. The number of hydrogen-bond acceptors (Lipinski definition) is 3. The lowest BCUT2D eigenvalue weighted by Crippen LogP contribution is -2.30. The highest BCUT2D eigenvalue weighted by atomic mass is 32.2. The van der Waals surface area contributed by atoms with Gasteiger partial charge in [-0.05, 0) is 6.07 Å². The van der Waals surface area contributed by atoms with E-state index in [2.05, 4.69) is 0 Å². The van der Waals surface area contributed by atoms with Crippen molar-refractivity contribution in [3.05, 3.63) is 23.8 Å². The maximum Gasteiger partial charge on any atom is 0.160 e. The molecule has 5 heteroatoms. The molecule has 1 fully saturated rings. The van der Waals surface area contributed by atoms with Gasteiger partial charge in [-0.15, -0.1) is 11.8 Å². The van der Waals surface area contributed by atoms with Gasteiger partial charge in [0.1, 0.15) is 0 Å². The summed E-state index contributed by atoms with van der Waals surface area (Å²) in [5, 5.41) is 0.308. The molecule has 0 saturated carbocycles. The molecule has 1 heterocycles. The van der Waals surface area contributed by atoms with Gasteiger partial charge in [0.2, 0.25) is 0 Å². The first-order chi connectivity index (χ1) is 6.66. The lowest BCUT2D eigenvalue weighted by molar-refractivity contribution is 0.0455. The molecule has 0 radical (unpaired) electrons. The quantitative estimate of drug-likeness (QED) is 0.770. The molecule has 1 aromatic rings. The van der Waals surface area contributed by atoms with Gasteiger partial charge in [-0.1, -0.05) is 0 Å². The summed E-state index contributed by atoms with van der Waals surface area (Å²) in [6.07, 6.45) is 0. The number of ether oxygens (including phenoxy) is 1. The van der Waals surface area contributed by atoms with Crippen LogP contribution < -0.4 is 5.73 Å². The van der Waals surface area contributed by atoms with Gasteiger partial charge in [0, 0.05) is 16.6 Å². The largest absolute Gasteiger partial charge is 0.398 e. The molecule has 2 nitrogen and oxygen atoms in total. The molecule has 0 spiro atoms. The lowest BCUT2D eigenvalue weighted by Gasteiger charge is -2.25. The van der Waals surface area contributed by atoms with Gasteiger partial charge in [-0.3, -0.25) is 0 Å². The molecular weight excluding hydrogens is 208 g/mol. The van der Waals surface area contributed by atoms with E-state index in [4.69, 9.17) is 10.5 Å². The number of hydrogen-bond donors (Lipinski definition) is 1. The van der Waals surface area contributed by atoms with Gasteiger partial charge in [0.05, 0.1) is 18.5 Å². The molecule has 1 aromatic carbocycles. The monoisotopic (exact) mass is 217 g/mol. The van der Waals surface area contributed by atoms with E-state index in [1.54, 1.807) is 0 Å². The summed E-state index contributed by atoms with van der Waals surface area (Å²) in [6, 6.07) is 2.14. The molecule has 1 aliphatic rings. The van der Waals surface area contributed by atoms with Crippen LogP contribution >= 0.6 is 11.8 Å². The van der Waals surface area contributed by atoms with Crippen LogP contribution in [0.3, 0.4) is 0 Å². The second-order valence-corrected chi connectivity index (χ2v) is 4.42. The maximum absolute atomic E-state index is 12.9. The van der Waals surface area contributed by atoms with Gasteiger partial charge in [-0.25, -0.2) is 8.78 Å². The standard InChI is InChI=1S/C9H9F2NOS/c10-6-1-8(12)9(2-7(6)11)14-5-3-13-4-5/h1-2,5H,3-4,12H2. The van der Waals surface area contributed by atoms with Crippen LogP contribution in [0.15, 0.2) is 17.0 Å². The molecule has 14 heavy (non-hydrogen) atoms. The van der Waals surface area contributed by atoms with Crippen LogP contribution in [-0.2, 0) is 4.74 Å². The molecule has 1 saturated heterocycles. The average Bonchev–Trinajstić information content (AvgIpc) is 2.06. The van der Waals surface area contributed by atoms with E-state index in [9.17, 15) is 8.78 Å². The van der Waals surface area contributed by atoms with Gasteiger partial charge in [0.25, 0.3) is 0 Å². The van der Waals surface area contributed by atoms with Crippen molar-refractivity contribution in [1.29, 1.82) is 0 Å². The van der Waals surface area contributed by atoms with E-state index in [0.717, 1.165) is 12.1 Å². The molecule has 0 bridgehead atoms. The van der Waals surface area contributed by atoms with Crippen LogP contribution in [0.1, 0.15) is 0 Å². The Labute approximate surface area is 84.4 Å². The molecule has 76 valence electrons. The van der Waals surface area contributed by atoms with E-state index in [-0.39, 0.29) is 5.69 Å². The first-order valence-electron chi connectivity index (χ1n) is 4.16. The zero-order valence-electron chi connectivity index (χ0n) is 7.30. The van der Waals surface area contributed by atoms with Crippen molar-refractivity contribution < 1.29 is 13.5 Å². The smallest absolute Gasteiger partial charge is 0.160 e. The Morgan fingerprint density at radius 2 is 1.93 bits per heavy atom. The van der Waals surface area contributed by atoms with Crippen LogP contribution in [0.2, 0.25) is 0 Å². The molecule has 0 amide bonds. The molecule has 2 N–H and O–H groups in total. The third-order valence-electron chi connectivity index (χ3n) is 1.95. The summed E-state index contributed by atoms with van der Waals surface area (Å²) < 4.78 is 30.5. The SMILES string of the molecule is Nc1cc(F)c(F)cc1SC1COC1. The van der Waals surface area contributed by atoms with Gasteiger partial charge < -0.3 is 10.5 Å². The number of benzene rings is 1. The van der Waals surface area contributed by atoms with Crippen molar-refractivity contribution in [2.75, 3.05) is 18.9 Å². The van der Waals surface area contributed by atoms with Crippen molar-refractivity contribution in [3.63, 3.8) is 0 Å². The van der Waals surface area contributed by atoms with Crippen LogP contribution in [0.4, 0.5) is 14.5 Å². The van der Waals surface area contributed by atoms with Crippen LogP contribution in [0, 0.1) is 11.6 Å². The number of anilines is 1. The number of thioether (sulfide) groups is 1. The van der Waals surface area contributed by atoms with E-state index >= 15 is 0 Å². The van der Waals surface area contributed by atoms with Gasteiger partial charge in [-0.2, -0.15) is 0 Å². The Morgan fingerprint density at radius 3 is 2.50 bits per heavy atom. The maximum atomic E-state index is 12.9. The zero-order chi connectivity index (χ0) is 10.1. The number of nitrogens with two attached hydrogens (primary N) is 1. The summed E-state index contributed by atoms with van der Waals surface area (Å²) in [5.41, 5.74) is 5.83. The number of nitrogen functional groups attached to an aromatic ring is 1. The van der Waals surface area contributed by atoms with E-state index in [1.807, 2.05) is 0 Å². The first-order valence-corrected chi connectivity index (χ1v) is 5.03. The third kappa shape index (κ3) is 1.83. The minimum Gasteiger partial charge on any atom is -0.398 e. The fourth-order valence-corrected chi connectivity index (χ4v) is 2.16. The highest BCUT2D eigenvalue weighted by Crippen LogP contribution is 2.33. The fraction of sp³-hybridized carbons (Fsp3) is 0.333. The minimum absolute atomic E-state index is 0.279. The van der Waals surface area contributed by atoms with E-state index in [1.165, 1.54) is 11.8 Å². The topological polar surface area (TPSA) is 35.2 Å². The predicted molar refractivity (Wildman–Crippen MR) is 51.2 cm³/mol. The Bertz CT molecular complexity index is 355. The lowest BCUT2D eigenvalue weighted by atomic mass is 10.3. The van der Waals surface area contributed by atoms with Crippen LogP contribution in [0.5, 0.6) is 0 Å². The van der Waals surface area contributed by atoms with Crippen molar-refractivity contribution >= 4 is 17.4 Å². The summed E-state index contributed by atoms with van der Waals surface area (Å²) in [4.78, 5) is 0.581. The van der Waals surface area contributed by atoms with Crippen LogP contribution in [-0.4, -0.2) is 18.5 Å². The third-order valence-corrected chi connectivity index (χ3v) is 3.17. The summed E-state index contributed by atoms with van der Waals surface area (Å²) in [5.74, 6) is -1.77. The van der Waals surface area contributed by atoms with Crippen LogP contribution in [0.25, 0.3) is 0 Å². The molecule has 0 aliphatic carbocycles. The second kappa shape index (κ2) is 3.74. The Kier molecular flexibility index (Phi) is 2.60. The molecule has 0 unspecified atom stereocenters.